The maximum absolute atomic E-state index is 6.20. The van der Waals surface area contributed by atoms with Crippen LogP contribution < -0.4 is 20.8 Å². The second-order valence-corrected chi connectivity index (χ2v) is 9.67. The number of fused-ring (bicyclic) bond motifs is 1. The van der Waals surface area contributed by atoms with Crippen molar-refractivity contribution in [2.45, 2.75) is 45.1 Å². The van der Waals surface area contributed by atoms with Crippen LogP contribution in [0.15, 0.2) is 42.7 Å². The van der Waals surface area contributed by atoms with E-state index in [1.54, 1.807) is 11.3 Å². The summed E-state index contributed by atoms with van der Waals surface area (Å²) in [5, 5.41) is 10.1. The van der Waals surface area contributed by atoms with E-state index in [-0.39, 0.29) is 0 Å². The Morgan fingerprint density at radius 2 is 2.03 bits per heavy atom. The molecule has 3 N–H and O–H groups in total. The zero-order chi connectivity index (χ0) is 22.5. The summed E-state index contributed by atoms with van der Waals surface area (Å²) in [6.07, 6.45) is 10.4. The van der Waals surface area contributed by atoms with E-state index in [0.717, 1.165) is 64.3 Å². The zero-order valence-electron chi connectivity index (χ0n) is 19.1. The fraction of sp³-hybridized carbons (Fsp3) is 0.440. The standard InChI is InChI=1S/C25H32N6OS/c1-2-26-12-13-31-17-18(16-28-31)23-14-21(10-11-27-23)32-20-8-9-22-24(15-20)33-25(30-22)29-19-6-4-3-5-7-19/h8-11,14-15,17,19,26,28H,2-7,12-13,16H2,1H3,(H,29,30). The van der Waals surface area contributed by atoms with E-state index in [0.29, 0.717) is 6.04 Å². The summed E-state index contributed by atoms with van der Waals surface area (Å²) < 4.78 is 7.34. The number of hydrogen-bond donors (Lipinski definition) is 3. The van der Waals surface area contributed by atoms with Gasteiger partial charge in [-0.25, -0.2) is 10.4 Å². The van der Waals surface area contributed by atoms with Crippen LogP contribution in [0.4, 0.5) is 5.13 Å². The van der Waals surface area contributed by atoms with Crippen LogP contribution in [0.1, 0.15) is 44.7 Å². The molecule has 0 amide bonds. The van der Waals surface area contributed by atoms with Gasteiger partial charge in [-0.15, -0.1) is 0 Å². The van der Waals surface area contributed by atoms with Crippen molar-refractivity contribution in [3.8, 4) is 11.5 Å². The summed E-state index contributed by atoms with van der Waals surface area (Å²) in [7, 11) is 0. The van der Waals surface area contributed by atoms with Gasteiger partial charge in [-0.05, 0) is 37.6 Å². The third-order valence-corrected chi connectivity index (χ3v) is 7.10. The van der Waals surface area contributed by atoms with E-state index in [1.807, 2.05) is 30.5 Å². The lowest BCUT2D eigenvalue weighted by molar-refractivity contribution is 0.306. The number of hydrazine groups is 1. The SMILES string of the molecule is CCNCCN1C=C(c2cc(Oc3ccc4nc(NC5CCCCC5)sc4c3)ccn2)CN1. The van der Waals surface area contributed by atoms with E-state index in [9.17, 15) is 0 Å². The van der Waals surface area contributed by atoms with E-state index in [1.165, 1.54) is 32.1 Å². The molecule has 1 aliphatic heterocycles. The Kier molecular flexibility index (Phi) is 7.04. The minimum atomic E-state index is 0.559. The third-order valence-electron chi connectivity index (χ3n) is 6.15. The van der Waals surface area contributed by atoms with E-state index in [2.05, 4.69) is 45.2 Å². The number of rotatable bonds is 9. The van der Waals surface area contributed by atoms with Crippen molar-refractivity contribution in [2.24, 2.45) is 0 Å². The topological polar surface area (TPSA) is 74.3 Å². The minimum Gasteiger partial charge on any atom is -0.457 e. The average molecular weight is 465 g/mol. The van der Waals surface area contributed by atoms with Gasteiger partial charge in [0, 0.05) is 55.8 Å². The van der Waals surface area contributed by atoms with Crippen LogP contribution in [0.5, 0.6) is 11.5 Å². The molecule has 0 unspecified atom stereocenters. The summed E-state index contributed by atoms with van der Waals surface area (Å²) in [6.45, 7) is 5.74. The Hall–Kier alpha value is -2.68. The molecule has 8 heteroatoms. The first-order valence-electron chi connectivity index (χ1n) is 12.0. The lowest BCUT2D eigenvalue weighted by Crippen LogP contribution is -2.35. The first-order valence-corrected chi connectivity index (χ1v) is 12.8. The average Bonchev–Trinajstić information content (AvgIpc) is 3.47. The van der Waals surface area contributed by atoms with Crippen molar-refractivity contribution < 1.29 is 4.74 Å². The van der Waals surface area contributed by atoms with Gasteiger partial charge in [0.15, 0.2) is 5.13 Å². The van der Waals surface area contributed by atoms with Crippen LogP contribution in [0.2, 0.25) is 0 Å². The Morgan fingerprint density at radius 3 is 2.91 bits per heavy atom. The molecule has 1 fully saturated rings. The largest absolute Gasteiger partial charge is 0.457 e. The lowest BCUT2D eigenvalue weighted by Gasteiger charge is -2.22. The summed E-state index contributed by atoms with van der Waals surface area (Å²) in [6, 6.07) is 10.6. The van der Waals surface area contributed by atoms with Gasteiger partial charge in [0.25, 0.3) is 0 Å². The molecular formula is C25H32N6OS. The number of ether oxygens (including phenoxy) is 1. The van der Waals surface area contributed by atoms with Crippen LogP contribution in [-0.2, 0) is 0 Å². The number of pyridine rings is 1. The van der Waals surface area contributed by atoms with E-state index < -0.39 is 0 Å². The molecule has 0 atom stereocenters. The minimum absolute atomic E-state index is 0.559. The van der Waals surface area contributed by atoms with Crippen molar-refractivity contribution in [3.63, 3.8) is 0 Å². The Morgan fingerprint density at radius 1 is 1.15 bits per heavy atom. The van der Waals surface area contributed by atoms with Gasteiger partial charge in [-0.3, -0.25) is 4.98 Å². The number of nitrogens with zero attached hydrogens (tertiary/aromatic N) is 3. The molecule has 2 aliphatic rings. The highest BCUT2D eigenvalue weighted by Gasteiger charge is 2.16. The first kappa shape index (κ1) is 22.1. The molecular weight excluding hydrogens is 432 g/mol. The fourth-order valence-electron chi connectivity index (χ4n) is 4.38. The molecule has 0 radical (unpaired) electrons. The molecule has 3 aromatic rings. The molecule has 174 valence electrons. The van der Waals surface area contributed by atoms with Gasteiger partial charge in [0.1, 0.15) is 11.5 Å². The summed E-state index contributed by atoms with van der Waals surface area (Å²) in [5.74, 6) is 1.61. The van der Waals surface area contributed by atoms with Crippen LogP contribution >= 0.6 is 11.3 Å². The monoisotopic (exact) mass is 464 g/mol. The fourth-order valence-corrected chi connectivity index (χ4v) is 5.35. The molecule has 1 aliphatic carbocycles. The van der Waals surface area contributed by atoms with Gasteiger partial charge in [-0.1, -0.05) is 37.5 Å². The van der Waals surface area contributed by atoms with Gasteiger partial charge in [0.2, 0.25) is 0 Å². The smallest absolute Gasteiger partial charge is 0.184 e. The van der Waals surface area contributed by atoms with E-state index >= 15 is 0 Å². The molecule has 0 spiro atoms. The highest BCUT2D eigenvalue weighted by atomic mass is 32.1. The van der Waals surface area contributed by atoms with Gasteiger partial charge in [-0.2, -0.15) is 0 Å². The van der Waals surface area contributed by atoms with E-state index in [4.69, 9.17) is 9.72 Å². The Bertz CT molecular complexity index is 1110. The molecule has 2 aromatic heterocycles. The van der Waals surface area contributed by atoms with Gasteiger partial charge in [0.05, 0.1) is 15.9 Å². The van der Waals surface area contributed by atoms with Crippen LogP contribution in [-0.4, -0.2) is 47.2 Å². The predicted molar refractivity (Wildman–Crippen MR) is 136 cm³/mol. The summed E-state index contributed by atoms with van der Waals surface area (Å²) in [4.78, 5) is 9.33. The van der Waals surface area contributed by atoms with Crippen LogP contribution in [0, 0.1) is 0 Å². The van der Waals surface area contributed by atoms with Crippen molar-refractivity contribution >= 4 is 32.3 Å². The summed E-state index contributed by atoms with van der Waals surface area (Å²) in [5.41, 5.74) is 6.50. The Balaban J connectivity index is 1.25. The van der Waals surface area contributed by atoms with Gasteiger partial charge >= 0.3 is 0 Å². The second-order valence-electron chi connectivity index (χ2n) is 8.64. The highest BCUT2D eigenvalue weighted by Crippen LogP contribution is 2.33. The molecule has 5 rings (SSSR count). The maximum Gasteiger partial charge on any atom is 0.184 e. The number of benzene rings is 1. The quantitative estimate of drug-likeness (QED) is 0.385. The highest BCUT2D eigenvalue weighted by molar-refractivity contribution is 7.22. The molecule has 1 aromatic carbocycles. The molecule has 3 heterocycles. The zero-order valence-corrected chi connectivity index (χ0v) is 20.0. The predicted octanol–water partition coefficient (Wildman–Crippen LogP) is 5.00. The van der Waals surface area contributed by atoms with Crippen LogP contribution in [0.3, 0.4) is 0 Å². The molecule has 0 saturated heterocycles. The number of aromatic nitrogens is 2. The van der Waals surface area contributed by atoms with Gasteiger partial charge < -0.3 is 20.4 Å². The van der Waals surface area contributed by atoms with Crippen LogP contribution in [0.25, 0.3) is 15.8 Å². The number of likely N-dealkylation sites (N-methyl/N-ethyl adjacent to an activating group) is 1. The summed E-state index contributed by atoms with van der Waals surface area (Å²) >= 11 is 1.70. The Labute approximate surface area is 199 Å². The second kappa shape index (κ2) is 10.5. The first-order chi connectivity index (χ1) is 16.3. The number of nitrogens with one attached hydrogen (secondary N) is 3. The maximum atomic E-state index is 6.20. The third kappa shape index (κ3) is 5.63. The lowest BCUT2D eigenvalue weighted by atomic mass is 9.96. The number of thiazole rings is 1. The number of hydrogen-bond acceptors (Lipinski definition) is 8. The molecule has 33 heavy (non-hydrogen) atoms. The van der Waals surface area contributed by atoms with Crippen molar-refractivity contribution in [3.05, 3.63) is 48.4 Å². The van der Waals surface area contributed by atoms with Crippen molar-refractivity contribution in [1.82, 2.24) is 25.7 Å². The molecule has 0 bridgehead atoms. The molecule has 1 saturated carbocycles. The van der Waals surface area contributed by atoms with Crippen molar-refractivity contribution in [1.29, 1.82) is 0 Å². The number of anilines is 1. The molecule has 7 nitrogen and oxygen atoms in total. The van der Waals surface area contributed by atoms with Crippen molar-refractivity contribution in [2.75, 3.05) is 31.5 Å². The normalized spacial score (nSPS) is 16.9.